The summed E-state index contributed by atoms with van der Waals surface area (Å²) >= 11 is 1.45. The van der Waals surface area contributed by atoms with Gasteiger partial charge in [-0.1, -0.05) is 11.3 Å². The summed E-state index contributed by atoms with van der Waals surface area (Å²) in [6, 6.07) is 7.26. The molecule has 0 fully saturated rings. The standard InChI is InChI=1S/C10H9N5OS/c11-7-1-3-8(4-2-7)16-5-9-14-15-6-12-13-10(15)17-9/h1-4,6H,5,11H2. The lowest BCUT2D eigenvalue weighted by atomic mass is 10.3. The number of benzene rings is 1. The zero-order valence-corrected chi connectivity index (χ0v) is 9.59. The van der Waals surface area contributed by atoms with Crippen molar-refractivity contribution in [3.8, 4) is 5.75 Å². The van der Waals surface area contributed by atoms with Crippen molar-refractivity contribution in [1.29, 1.82) is 0 Å². The average Bonchev–Trinajstić information content (AvgIpc) is 2.88. The summed E-state index contributed by atoms with van der Waals surface area (Å²) in [5, 5.41) is 12.8. The molecule has 0 aliphatic carbocycles. The van der Waals surface area contributed by atoms with Gasteiger partial charge in [0.2, 0.25) is 4.96 Å². The van der Waals surface area contributed by atoms with Crippen LogP contribution < -0.4 is 10.5 Å². The molecule has 0 bridgehead atoms. The van der Waals surface area contributed by atoms with E-state index in [0.717, 1.165) is 21.4 Å². The predicted molar refractivity (Wildman–Crippen MR) is 63.8 cm³/mol. The molecule has 0 radical (unpaired) electrons. The Labute approximate surface area is 101 Å². The summed E-state index contributed by atoms with van der Waals surface area (Å²) in [6.07, 6.45) is 1.57. The van der Waals surface area contributed by atoms with E-state index in [4.69, 9.17) is 10.5 Å². The first kappa shape index (κ1) is 10.0. The Kier molecular flexibility index (Phi) is 2.37. The van der Waals surface area contributed by atoms with Crippen LogP contribution >= 0.6 is 11.3 Å². The smallest absolute Gasteiger partial charge is 0.234 e. The molecule has 3 aromatic rings. The van der Waals surface area contributed by atoms with Gasteiger partial charge in [0, 0.05) is 5.69 Å². The zero-order chi connectivity index (χ0) is 11.7. The number of aromatic nitrogens is 4. The molecule has 0 saturated carbocycles. The van der Waals surface area contributed by atoms with Crippen LogP contribution in [0.15, 0.2) is 30.6 Å². The molecule has 0 aliphatic heterocycles. The van der Waals surface area contributed by atoms with Gasteiger partial charge in [0.25, 0.3) is 0 Å². The van der Waals surface area contributed by atoms with E-state index in [-0.39, 0.29) is 0 Å². The minimum absolute atomic E-state index is 0.415. The first-order valence-corrected chi connectivity index (χ1v) is 5.77. The third kappa shape index (κ3) is 2.04. The van der Waals surface area contributed by atoms with Crippen molar-refractivity contribution in [2.75, 3.05) is 5.73 Å². The number of ether oxygens (including phenoxy) is 1. The van der Waals surface area contributed by atoms with Crippen LogP contribution in [0.3, 0.4) is 0 Å². The predicted octanol–water partition coefficient (Wildman–Crippen LogP) is 1.35. The number of hydrogen-bond donors (Lipinski definition) is 1. The lowest BCUT2D eigenvalue weighted by Gasteiger charge is -2.03. The first-order valence-electron chi connectivity index (χ1n) is 4.95. The van der Waals surface area contributed by atoms with E-state index < -0.39 is 0 Å². The molecule has 0 amide bonds. The van der Waals surface area contributed by atoms with Crippen molar-refractivity contribution in [1.82, 2.24) is 19.8 Å². The van der Waals surface area contributed by atoms with Gasteiger partial charge in [-0.25, -0.2) is 0 Å². The van der Waals surface area contributed by atoms with E-state index in [0.29, 0.717) is 6.61 Å². The fourth-order valence-corrected chi connectivity index (χ4v) is 2.10. The molecule has 86 valence electrons. The van der Waals surface area contributed by atoms with Gasteiger partial charge in [-0.3, -0.25) is 0 Å². The molecule has 17 heavy (non-hydrogen) atoms. The quantitative estimate of drug-likeness (QED) is 0.707. The topological polar surface area (TPSA) is 78.3 Å². The average molecular weight is 247 g/mol. The summed E-state index contributed by atoms with van der Waals surface area (Å²) in [6.45, 7) is 0.415. The van der Waals surface area contributed by atoms with Crippen LogP contribution in [-0.2, 0) is 6.61 Å². The molecule has 2 aromatic heterocycles. The Morgan fingerprint density at radius 3 is 2.88 bits per heavy atom. The van der Waals surface area contributed by atoms with Gasteiger partial charge in [-0.15, -0.1) is 10.2 Å². The largest absolute Gasteiger partial charge is 0.486 e. The van der Waals surface area contributed by atoms with Crippen LogP contribution in [-0.4, -0.2) is 19.8 Å². The van der Waals surface area contributed by atoms with E-state index in [1.807, 2.05) is 12.1 Å². The third-order valence-corrected chi connectivity index (χ3v) is 3.06. The van der Waals surface area contributed by atoms with Gasteiger partial charge < -0.3 is 10.5 Å². The molecule has 2 N–H and O–H groups in total. The Morgan fingerprint density at radius 2 is 2.12 bits per heavy atom. The minimum Gasteiger partial charge on any atom is -0.486 e. The summed E-state index contributed by atoms with van der Waals surface area (Å²) in [4.78, 5) is 0.765. The van der Waals surface area contributed by atoms with E-state index >= 15 is 0 Å². The summed E-state index contributed by atoms with van der Waals surface area (Å²) in [7, 11) is 0. The second-order valence-electron chi connectivity index (χ2n) is 3.41. The highest BCUT2D eigenvalue weighted by Crippen LogP contribution is 2.17. The number of nitrogens with zero attached hydrogens (tertiary/aromatic N) is 4. The Balaban J connectivity index is 1.71. The molecule has 6 nitrogen and oxygen atoms in total. The van der Waals surface area contributed by atoms with Crippen LogP contribution in [0.25, 0.3) is 4.96 Å². The second kappa shape index (κ2) is 4.02. The maximum Gasteiger partial charge on any atom is 0.234 e. The molecule has 2 heterocycles. The lowest BCUT2D eigenvalue weighted by Crippen LogP contribution is -1.96. The number of nitrogens with two attached hydrogens (primary N) is 1. The molecule has 0 aliphatic rings. The SMILES string of the molecule is Nc1ccc(OCc2nn3cnnc3s2)cc1. The summed E-state index contributed by atoms with van der Waals surface area (Å²) in [5.74, 6) is 0.769. The second-order valence-corrected chi connectivity index (χ2v) is 4.45. The van der Waals surface area contributed by atoms with E-state index in [2.05, 4.69) is 15.3 Å². The molecule has 3 rings (SSSR count). The van der Waals surface area contributed by atoms with Gasteiger partial charge in [-0.2, -0.15) is 9.61 Å². The fourth-order valence-electron chi connectivity index (χ4n) is 1.37. The maximum absolute atomic E-state index is 5.59. The van der Waals surface area contributed by atoms with E-state index in [1.165, 1.54) is 11.3 Å². The Bertz CT molecular complexity index is 601. The highest BCUT2D eigenvalue weighted by Gasteiger charge is 2.05. The highest BCUT2D eigenvalue weighted by atomic mass is 32.1. The van der Waals surface area contributed by atoms with Gasteiger partial charge in [0.05, 0.1) is 0 Å². The number of nitrogen functional groups attached to an aromatic ring is 1. The third-order valence-electron chi connectivity index (χ3n) is 2.17. The normalized spacial score (nSPS) is 10.8. The van der Waals surface area contributed by atoms with Crippen LogP contribution in [0.5, 0.6) is 5.75 Å². The van der Waals surface area contributed by atoms with Crippen molar-refractivity contribution < 1.29 is 4.74 Å². The molecule has 0 unspecified atom stereocenters. The van der Waals surface area contributed by atoms with Crippen LogP contribution in [0.4, 0.5) is 5.69 Å². The monoisotopic (exact) mass is 247 g/mol. The van der Waals surface area contributed by atoms with E-state index in [9.17, 15) is 0 Å². The van der Waals surface area contributed by atoms with Crippen molar-refractivity contribution in [2.45, 2.75) is 6.61 Å². The molecular formula is C10H9N5OS. The van der Waals surface area contributed by atoms with Gasteiger partial charge >= 0.3 is 0 Å². The molecular weight excluding hydrogens is 238 g/mol. The fraction of sp³-hybridized carbons (Fsp3) is 0.100. The van der Waals surface area contributed by atoms with Crippen molar-refractivity contribution in [3.05, 3.63) is 35.6 Å². The minimum atomic E-state index is 0.415. The Morgan fingerprint density at radius 1 is 1.29 bits per heavy atom. The van der Waals surface area contributed by atoms with Crippen molar-refractivity contribution >= 4 is 22.0 Å². The molecule has 7 heteroatoms. The van der Waals surface area contributed by atoms with Crippen LogP contribution in [0.2, 0.25) is 0 Å². The maximum atomic E-state index is 5.59. The number of fused-ring (bicyclic) bond motifs is 1. The van der Waals surface area contributed by atoms with Crippen LogP contribution in [0, 0.1) is 0 Å². The van der Waals surface area contributed by atoms with Crippen molar-refractivity contribution in [2.24, 2.45) is 0 Å². The highest BCUT2D eigenvalue weighted by molar-refractivity contribution is 7.16. The zero-order valence-electron chi connectivity index (χ0n) is 8.78. The molecule has 1 aromatic carbocycles. The van der Waals surface area contributed by atoms with Gasteiger partial charge in [0.1, 0.15) is 18.7 Å². The molecule has 0 saturated heterocycles. The summed E-state index contributed by atoms with van der Waals surface area (Å²) < 4.78 is 7.21. The number of anilines is 1. The van der Waals surface area contributed by atoms with Gasteiger partial charge in [-0.05, 0) is 24.3 Å². The van der Waals surface area contributed by atoms with E-state index in [1.54, 1.807) is 23.0 Å². The van der Waals surface area contributed by atoms with Gasteiger partial charge in [0.15, 0.2) is 5.01 Å². The number of rotatable bonds is 3. The molecule has 0 atom stereocenters. The van der Waals surface area contributed by atoms with Crippen molar-refractivity contribution in [3.63, 3.8) is 0 Å². The first-order chi connectivity index (χ1) is 8.31. The van der Waals surface area contributed by atoms with Crippen LogP contribution in [0.1, 0.15) is 5.01 Å². The Hall–Kier alpha value is -2.15. The number of hydrogen-bond acceptors (Lipinski definition) is 6. The molecule has 0 spiro atoms. The lowest BCUT2D eigenvalue weighted by molar-refractivity contribution is 0.304. The summed E-state index contributed by atoms with van der Waals surface area (Å²) in [5.41, 5.74) is 6.31.